The molecule has 1 rings (SSSR count). The topological polar surface area (TPSA) is 21.3 Å². The number of hydrogen-bond donors (Lipinski definition) is 1. The van der Waals surface area contributed by atoms with E-state index in [0.717, 1.165) is 5.56 Å². The SMILES string of the molecule is C#CC(C)NCc1ccc(OC)c(Cl)c1. The lowest BCUT2D eigenvalue weighted by atomic mass is 10.2. The van der Waals surface area contributed by atoms with Gasteiger partial charge in [-0.25, -0.2) is 0 Å². The second kappa shape index (κ2) is 5.65. The molecule has 0 saturated heterocycles. The number of methoxy groups -OCH3 is 1. The number of rotatable bonds is 4. The molecule has 0 aliphatic heterocycles. The van der Waals surface area contributed by atoms with Gasteiger partial charge in [-0.2, -0.15) is 0 Å². The molecule has 80 valence electrons. The fourth-order valence-corrected chi connectivity index (χ4v) is 1.43. The average Bonchev–Trinajstić information content (AvgIpc) is 2.26. The van der Waals surface area contributed by atoms with E-state index in [0.29, 0.717) is 17.3 Å². The van der Waals surface area contributed by atoms with Crippen LogP contribution in [0.1, 0.15) is 12.5 Å². The van der Waals surface area contributed by atoms with Gasteiger partial charge >= 0.3 is 0 Å². The molecule has 2 nitrogen and oxygen atoms in total. The van der Waals surface area contributed by atoms with Crippen molar-refractivity contribution in [2.24, 2.45) is 0 Å². The van der Waals surface area contributed by atoms with Crippen molar-refractivity contribution >= 4 is 11.6 Å². The zero-order valence-electron chi connectivity index (χ0n) is 8.88. The molecule has 1 atom stereocenters. The first-order chi connectivity index (χ1) is 7.17. The van der Waals surface area contributed by atoms with Crippen molar-refractivity contribution in [2.75, 3.05) is 7.11 Å². The molecule has 0 fully saturated rings. The minimum Gasteiger partial charge on any atom is -0.495 e. The van der Waals surface area contributed by atoms with Crippen LogP contribution in [0.15, 0.2) is 18.2 Å². The van der Waals surface area contributed by atoms with Crippen molar-refractivity contribution in [3.8, 4) is 18.1 Å². The zero-order chi connectivity index (χ0) is 11.3. The molecule has 3 heteroatoms. The van der Waals surface area contributed by atoms with Crippen LogP contribution in [0.25, 0.3) is 0 Å². The molecule has 0 aromatic heterocycles. The molecule has 0 heterocycles. The van der Waals surface area contributed by atoms with Gasteiger partial charge in [-0.1, -0.05) is 23.6 Å². The Bertz CT molecular complexity index is 370. The largest absolute Gasteiger partial charge is 0.495 e. The predicted molar refractivity (Wildman–Crippen MR) is 63.1 cm³/mol. The van der Waals surface area contributed by atoms with Crippen LogP contribution < -0.4 is 10.1 Å². The van der Waals surface area contributed by atoms with Crippen molar-refractivity contribution < 1.29 is 4.74 Å². The first-order valence-electron chi connectivity index (χ1n) is 4.69. The molecule has 1 unspecified atom stereocenters. The fraction of sp³-hybridized carbons (Fsp3) is 0.333. The van der Waals surface area contributed by atoms with Crippen LogP contribution >= 0.6 is 11.6 Å². The summed E-state index contributed by atoms with van der Waals surface area (Å²) in [5.74, 6) is 3.29. The van der Waals surface area contributed by atoms with Gasteiger partial charge in [0.1, 0.15) is 5.75 Å². The highest BCUT2D eigenvalue weighted by molar-refractivity contribution is 6.32. The van der Waals surface area contributed by atoms with E-state index in [9.17, 15) is 0 Å². The van der Waals surface area contributed by atoms with Gasteiger partial charge in [0.15, 0.2) is 0 Å². The molecular formula is C12H14ClNO. The van der Waals surface area contributed by atoms with E-state index >= 15 is 0 Å². The minimum absolute atomic E-state index is 0.0610. The number of hydrogen-bond acceptors (Lipinski definition) is 2. The summed E-state index contributed by atoms with van der Waals surface area (Å²) >= 11 is 5.99. The molecule has 0 radical (unpaired) electrons. The summed E-state index contributed by atoms with van der Waals surface area (Å²) in [5, 5.41) is 3.79. The summed E-state index contributed by atoms with van der Waals surface area (Å²) in [5.41, 5.74) is 1.09. The molecule has 0 spiro atoms. The van der Waals surface area contributed by atoms with Crippen molar-refractivity contribution in [1.29, 1.82) is 0 Å². The van der Waals surface area contributed by atoms with Crippen LogP contribution in [0.3, 0.4) is 0 Å². The average molecular weight is 224 g/mol. The maximum Gasteiger partial charge on any atom is 0.137 e. The second-order valence-electron chi connectivity index (χ2n) is 3.24. The van der Waals surface area contributed by atoms with E-state index in [2.05, 4.69) is 11.2 Å². The Labute approximate surface area is 95.6 Å². The van der Waals surface area contributed by atoms with Crippen LogP contribution in [0, 0.1) is 12.3 Å². The van der Waals surface area contributed by atoms with Gasteiger partial charge in [0, 0.05) is 6.54 Å². The summed E-state index contributed by atoms with van der Waals surface area (Å²) in [7, 11) is 1.60. The van der Waals surface area contributed by atoms with Crippen LogP contribution in [0.4, 0.5) is 0 Å². The Morgan fingerprint density at radius 1 is 1.60 bits per heavy atom. The lowest BCUT2D eigenvalue weighted by Gasteiger charge is -2.09. The van der Waals surface area contributed by atoms with Gasteiger partial charge in [-0.05, 0) is 24.6 Å². The first-order valence-corrected chi connectivity index (χ1v) is 5.07. The second-order valence-corrected chi connectivity index (χ2v) is 3.65. The summed E-state index contributed by atoms with van der Waals surface area (Å²) in [6.45, 7) is 2.64. The third-order valence-corrected chi connectivity index (χ3v) is 2.37. The van der Waals surface area contributed by atoms with E-state index in [1.807, 2.05) is 25.1 Å². The number of benzene rings is 1. The first kappa shape index (κ1) is 11.9. The smallest absolute Gasteiger partial charge is 0.137 e. The minimum atomic E-state index is 0.0610. The summed E-state index contributed by atoms with van der Waals surface area (Å²) < 4.78 is 5.06. The maximum atomic E-state index is 5.99. The third kappa shape index (κ3) is 3.47. The van der Waals surface area contributed by atoms with Crippen LogP contribution in [-0.4, -0.2) is 13.2 Å². The summed E-state index contributed by atoms with van der Waals surface area (Å²) in [6.07, 6.45) is 5.25. The fourth-order valence-electron chi connectivity index (χ4n) is 1.15. The van der Waals surface area contributed by atoms with Gasteiger partial charge in [-0.3, -0.25) is 5.32 Å². The zero-order valence-corrected chi connectivity index (χ0v) is 9.64. The van der Waals surface area contributed by atoms with Crippen LogP contribution in [0.5, 0.6) is 5.75 Å². The van der Waals surface area contributed by atoms with Crippen molar-refractivity contribution in [3.05, 3.63) is 28.8 Å². The normalized spacial score (nSPS) is 11.9. The van der Waals surface area contributed by atoms with Crippen LogP contribution in [0.2, 0.25) is 5.02 Å². The highest BCUT2D eigenvalue weighted by Gasteiger charge is 2.02. The van der Waals surface area contributed by atoms with E-state index in [4.69, 9.17) is 22.8 Å². The number of nitrogens with one attached hydrogen (secondary N) is 1. The Kier molecular flexibility index (Phi) is 4.48. The van der Waals surface area contributed by atoms with E-state index in [-0.39, 0.29) is 6.04 Å². The standard InChI is InChI=1S/C12H14ClNO/c1-4-9(2)14-8-10-5-6-12(15-3)11(13)7-10/h1,5-7,9,14H,8H2,2-3H3. The van der Waals surface area contributed by atoms with Gasteiger partial charge in [-0.15, -0.1) is 6.42 Å². The molecule has 0 aliphatic rings. The molecule has 0 bridgehead atoms. The number of halogens is 1. The van der Waals surface area contributed by atoms with Gasteiger partial charge in [0.05, 0.1) is 18.2 Å². The van der Waals surface area contributed by atoms with E-state index in [1.54, 1.807) is 7.11 Å². The summed E-state index contributed by atoms with van der Waals surface area (Å²) in [4.78, 5) is 0. The monoisotopic (exact) mass is 223 g/mol. The Balaban J connectivity index is 2.64. The lowest BCUT2D eigenvalue weighted by molar-refractivity contribution is 0.415. The van der Waals surface area contributed by atoms with Crippen molar-refractivity contribution in [3.63, 3.8) is 0 Å². The predicted octanol–water partition coefficient (Wildman–Crippen LogP) is 2.46. The maximum absolute atomic E-state index is 5.99. The van der Waals surface area contributed by atoms with Gasteiger partial charge in [0.25, 0.3) is 0 Å². The number of terminal acetylenes is 1. The lowest BCUT2D eigenvalue weighted by Crippen LogP contribution is -2.23. The molecular weight excluding hydrogens is 210 g/mol. The molecule has 0 amide bonds. The van der Waals surface area contributed by atoms with Crippen molar-refractivity contribution in [2.45, 2.75) is 19.5 Å². The highest BCUT2D eigenvalue weighted by Crippen LogP contribution is 2.24. The molecule has 0 saturated carbocycles. The summed E-state index contributed by atoms with van der Waals surface area (Å²) in [6, 6.07) is 5.74. The molecule has 1 aromatic carbocycles. The Morgan fingerprint density at radius 3 is 2.87 bits per heavy atom. The van der Waals surface area contributed by atoms with E-state index < -0.39 is 0 Å². The Hall–Kier alpha value is -1.17. The molecule has 1 aromatic rings. The van der Waals surface area contributed by atoms with Gasteiger partial charge in [0.2, 0.25) is 0 Å². The van der Waals surface area contributed by atoms with Crippen LogP contribution in [-0.2, 0) is 6.54 Å². The van der Waals surface area contributed by atoms with Crippen molar-refractivity contribution in [1.82, 2.24) is 5.32 Å². The third-order valence-electron chi connectivity index (χ3n) is 2.08. The molecule has 1 N–H and O–H groups in total. The quantitative estimate of drug-likeness (QED) is 0.792. The molecule has 15 heavy (non-hydrogen) atoms. The Morgan fingerprint density at radius 2 is 2.33 bits per heavy atom. The number of ether oxygens (including phenoxy) is 1. The van der Waals surface area contributed by atoms with E-state index in [1.165, 1.54) is 0 Å². The molecule has 0 aliphatic carbocycles. The van der Waals surface area contributed by atoms with Gasteiger partial charge < -0.3 is 4.74 Å². The highest BCUT2D eigenvalue weighted by atomic mass is 35.5.